The maximum absolute atomic E-state index is 13.4. The van der Waals surface area contributed by atoms with Crippen LogP contribution in [0.2, 0.25) is 10.0 Å². The van der Waals surface area contributed by atoms with Gasteiger partial charge in [0.1, 0.15) is 6.04 Å². The molecule has 10 heteroatoms. The summed E-state index contributed by atoms with van der Waals surface area (Å²) in [6.45, 7) is 3.70. The van der Waals surface area contributed by atoms with Crippen molar-refractivity contribution in [2.24, 2.45) is 16.5 Å². The van der Waals surface area contributed by atoms with E-state index in [1.165, 1.54) is 11.6 Å². The van der Waals surface area contributed by atoms with E-state index in [9.17, 15) is 9.59 Å². The maximum Gasteiger partial charge on any atom is 0.252 e. The number of nitrogens with one attached hydrogen (secondary N) is 2. The van der Waals surface area contributed by atoms with Gasteiger partial charge in [-0.15, -0.1) is 0 Å². The van der Waals surface area contributed by atoms with Gasteiger partial charge >= 0.3 is 0 Å². The lowest BCUT2D eigenvalue weighted by atomic mass is 9.95. The summed E-state index contributed by atoms with van der Waals surface area (Å²) in [4.78, 5) is 32.0. The summed E-state index contributed by atoms with van der Waals surface area (Å²) in [5.41, 5.74) is 12.6. The number of guanidine groups is 1. The smallest absolute Gasteiger partial charge is 0.252 e. The average Bonchev–Trinajstić information content (AvgIpc) is 2.98. The third kappa shape index (κ3) is 7.59. The second-order valence-electron chi connectivity index (χ2n) is 8.60. The average molecular weight is 519 g/mol. The van der Waals surface area contributed by atoms with E-state index in [4.69, 9.17) is 34.7 Å². The molecule has 35 heavy (non-hydrogen) atoms. The van der Waals surface area contributed by atoms with Crippen molar-refractivity contribution in [1.29, 1.82) is 0 Å². The molecule has 1 heterocycles. The van der Waals surface area contributed by atoms with Crippen LogP contribution in [0.1, 0.15) is 41.6 Å². The molecule has 0 spiro atoms. The van der Waals surface area contributed by atoms with E-state index in [1.807, 2.05) is 23.1 Å². The molecule has 1 fully saturated rings. The lowest BCUT2D eigenvalue weighted by Gasteiger charge is -2.28. The fourth-order valence-corrected chi connectivity index (χ4v) is 4.69. The predicted octanol–water partition coefficient (Wildman–Crippen LogP) is 2.75. The second kappa shape index (κ2) is 12.8. The summed E-state index contributed by atoms with van der Waals surface area (Å²) in [7, 11) is 0. The molecule has 0 unspecified atom stereocenters. The Morgan fingerprint density at radius 2 is 1.97 bits per heavy atom. The number of halogens is 2. The first-order valence-corrected chi connectivity index (χ1v) is 12.4. The lowest BCUT2D eigenvalue weighted by molar-refractivity contribution is -0.132. The summed E-state index contributed by atoms with van der Waals surface area (Å²) in [6.07, 6.45) is 1.56. The first kappa shape index (κ1) is 26.8. The highest BCUT2D eigenvalue weighted by Gasteiger charge is 2.32. The minimum Gasteiger partial charge on any atom is -0.370 e. The first-order valence-electron chi connectivity index (χ1n) is 11.7. The van der Waals surface area contributed by atoms with Crippen molar-refractivity contribution in [1.82, 2.24) is 15.5 Å². The zero-order chi connectivity index (χ0) is 25.4. The molecule has 3 rings (SSSR count). The minimum atomic E-state index is -0.603. The van der Waals surface area contributed by atoms with Gasteiger partial charge in [-0.3, -0.25) is 19.9 Å². The Bertz CT molecular complexity index is 1050. The van der Waals surface area contributed by atoms with E-state index in [0.29, 0.717) is 36.6 Å². The summed E-state index contributed by atoms with van der Waals surface area (Å²) < 4.78 is 0. The predicted molar refractivity (Wildman–Crippen MR) is 141 cm³/mol. The van der Waals surface area contributed by atoms with Crippen LogP contribution in [0.5, 0.6) is 0 Å². The Labute approximate surface area is 216 Å². The van der Waals surface area contributed by atoms with Crippen LogP contribution in [-0.4, -0.2) is 60.9 Å². The number of amides is 2. The van der Waals surface area contributed by atoms with Crippen LogP contribution in [0.4, 0.5) is 0 Å². The summed E-state index contributed by atoms with van der Waals surface area (Å²) >= 11 is 12.1. The largest absolute Gasteiger partial charge is 0.370 e. The molecule has 8 nitrogen and oxygen atoms in total. The Morgan fingerprint density at radius 1 is 1.23 bits per heavy atom. The van der Waals surface area contributed by atoms with E-state index < -0.39 is 6.04 Å². The van der Waals surface area contributed by atoms with Crippen LogP contribution < -0.4 is 22.1 Å². The second-order valence-corrected chi connectivity index (χ2v) is 9.45. The van der Waals surface area contributed by atoms with E-state index >= 15 is 0 Å². The van der Waals surface area contributed by atoms with Gasteiger partial charge in [-0.25, -0.2) is 0 Å². The Kier molecular flexibility index (Phi) is 9.77. The van der Waals surface area contributed by atoms with Gasteiger partial charge in [0.25, 0.3) is 5.91 Å². The number of hydrogen-bond donors (Lipinski definition) is 4. The molecular formula is C25H32Cl2N6O2. The highest BCUT2D eigenvalue weighted by atomic mass is 35.5. The first-order chi connectivity index (χ1) is 16.8. The zero-order valence-electron chi connectivity index (χ0n) is 19.7. The summed E-state index contributed by atoms with van der Waals surface area (Å²) in [5, 5.41) is 6.98. The molecule has 2 aromatic carbocycles. The lowest BCUT2D eigenvalue weighted by Crippen LogP contribution is -2.51. The summed E-state index contributed by atoms with van der Waals surface area (Å²) in [6, 6.07) is 14.2. The van der Waals surface area contributed by atoms with Crippen LogP contribution in [0.25, 0.3) is 0 Å². The monoisotopic (exact) mass is 518 g/mol. The van der Waals surface area contributed by atoms with Crippen LogP contribution in [-0.2, 0) is 4.79 Å². The Hall–Kier alpha value is -2.81. The SMILES string of the molecule is CC[C@H](CN1CC[C@H](CNC(=O)c2ccc(Cl)cc2Cl)N[C@H](CN=C(N)N)C1=O)c1ccccc1. The highest BCUT2D eigenvalue weighted by Crippen LogP contribution is 2.23. The molecule has 3 atom stereocenters. The molecule has 1 aliphatic rings. The maximum atomic E-state index is 13.4. The quantitative estimate of drug-likeness (QED) is 0.300. The molecule has 188 valence electrons. The molecule has 0 aliphatic carbocycles. The van der Waals surface area contributed by atoms with Gasteiger partial charge in [0.05, 0.1) is 17.1 Å². The van der Waals surface area contributed by atoms with Crippen molar-refractivity contribution in [2.45, 2.75) is 37.8 Å². The van der Waals surface area contributed by atoms with E-state index in [-0.39, 0.29) is 41.3 Å². The van der Waals surface area contributed by atoms with Crippen LogP contribution in [0.15, 0.2) is 53.5 Å². The van der Waals surface area contributed by atoms with E-state index in [0.717, 1.165) is 6.42 Å². The normalized spacial score (nSPS) is 19.1. The molecule has 1 aliphatic heterocycles. The molecule has 1 saturated heterocycles. The molecular weight excluding hydrogens is 487 g/mol. The van der Waals surface area contributed by atoms with Gasteiger partial charge in [0, 0.05) is 36.6 Å². The van der Waals surface area contributed by atoms with Gasteiger partial charge in [-0.1, -0.05) is 60.5 Å². The number of rotatable bonds is 9. The van der Waals surface area contributed by atoms with Gasteiger partial charge in [-0.05, 0) is 36.6 Å². The molecule has 2 aromatic rings. The van der Waals surface area contributed by atoms with E-state index in [2.05, 4.69) is 34.7 Å². The number of carbonyl (C=O) groups excluding carboxylic acids is 2. The topological polar surface area (TPSA) is 126 Å². The molecule has 2 amide bonds. The molecule has 0 radical (unpaired) electrons. The third-order valence-electron chi connectivity index (χ3n) is 6.14. The van der Waals surface area contributed by atoms with Crippen molar-refractivity contribution < 1.29 is 9.59 Å². The number of aliphatic imine (C=N–C) groups is 1. The van der Waals surface area contributed by atoms with Gasteiger partial charge < -0.3 is 21.7 Å². The third-order valence-corrected chi connectivity index (χ3v) is 6.69. The van der Waals surface area contributed by atoms with E-state index in [1.54, 1.807) is 12.1 Å². The van der Waals surface area contributed by atoms with Gasteiger partial charge in [0.2, 0.25) is 5.91 Å². The number of benzene rings is 2. The van der Waals surface area contributed by atoms with Crippen molar-refractivity contribution in [3.8, 4) is 0 Å². The van der Waals surface area contributed by atoms with Crippen LogP contribution in [0, 0.1) is 0 Å². The van der Waals surface area contributed by atoms with Crippen LogP contribution in [0.3, 0.4) is 0 Å². The zero-order valence-corrected chi connectivity index (χ0v) is 21.2. The number of nitrogens with zero attached hydrogens (tertiary/aromatic N) is 2. The molecule has 0 aromatic heterocycles. The van der Waals surface area contributed by atoms with Crippen LogP contribution >= 0.6 is 23.2 Å². The van der Waals surface area contributed by atoms with Gasteiger partial charge in [-0.2, -0.15) is 0 Å². The van der Waals surface area contributed by atoms with Crippen molar-refractivity contribution in [3.63, 3.8) is 0 Å². The molecule has 0 bridgehead atoms. The minimum absolute atomic E-state index is 0.0565. The number of nitrogens with two attached hydrogens (primary N) is 2. The summed E-state index contributed by atoms with van der Waals surface area (Å²) in [5.74, 6) is -0.226. The fraction of sp³-hybridized carbons (Fsp3) is 0.400. The Morgan fingerprint density at radius 3 is 2.63 bits per heavy atom. The van der Waals surface area contributed by atoms with Crippen molar-refractivity contribution in [2.75, 3.05) is 26.2 Å². The molecule has 0 saturated carbocycles. The van der Waals surface area contributed by atoms with Crippen molar-refractivity contribution in [3.05, 3.63) is 69.7 Å². The number of hydrogen-bond acceptors (Lipinski definition) is 4. The Balaban J connectivity index is 1.71. The van der Waals surface area contributed by atoms with Gasteiger partial charge in [0.15, 0.2) is 5.96 Å². The highest BCUT2D eigenvalue weighted by molar-refractivity contribution is 6.36. The molecule has 6 N–H and O–H groups in total. The van der Waals surface area contributed by atoms with Crippen molar-refractivity contribution >= 4 is 41.0 Å². The fourth-order valence-electron chi connectivity index (χ4n) is 4.20. The number of carbonyl (C=O) groups is 2. The standard InChI is InChI=1S/C25H32Cl2N6O2/c1-2-16(17-6-4-3-5-7-17)15-33-11-10-19(32-22(24(33)35)14-31-25(28)29)13-30-23(34)20-9-8-18(26)12-21(20)27/h3-9,12,16,19,22,32H,2,10-11,13-15H2,1H3,(H,30,34)(H4,28,29,31)/t16-,19-,22-/m1/s1.